The molecule has 0 aliphatic carbocycles. The summed E-state index contributed by atoms with van der Waals surface area (Å²) in [6.07, 6.45) is 0.877. The molecule has 0 aliphatic heterocycles. The van der Waals surface area contributed by atoms with Gasteiger partial charge in [0.05, 0.1) is 0 Å². The zero-order valence-corrected chi connectivity index (χ0v) is 10.8. The van der Waals surface area contributed by atoms with Crippen LogP contribution in [0.3, 0.4) is 0 Å². The van der Waals surface area contributed by atoms with Crippen LogP contribution in [0.15, 0.2) is 24.3 Å². The Kier molecular flexibility index (Phi) is 5.81. The molecular weight excluding hydrogens is 248 g/mol. The number of anilines is 1. The Morgan fingerprint density at radius 1 is 1.47 bits per heavy atom. The van der Waals surface area contributed by atoms with Gasteiger partial charge in [-0.1, -0.05) is 6.07 Å². The number of rotatable bonds is 7. The van der Waals surface area contributed by atoms with E-state index < -0.39 is 17.9 Å². The largest absolute Gasteiger partial charge is 0.480 e. The zero-order chi connectivity index (χ0) is 14.3. The third-order valence-electron chi connectivity index (χ3n) is 2.59. The number of nitrogen functional groups attached to an aromatic ring is 1. The van der Waals surface area contributed by atoms with Gasteiger partial charge in [-0.05, 0) is 31.0 Å². The van der Waals surface area contributed by atoms with Gasteiger partial charge in [-0.15, -0.1) is 0 Å². The molecule has 104 valence electrons. The van der Waals surface area contributed by atoms with Crippen molar-refractivity contribution in [3.05, 3.63) is 29.8 Å². The lowest BCUT2D eigenvalue weighted by atomic mass is 10.1. The first-order chi connectivity index (χ1) is 9.04. The number of aliphatic carboxylic acids is 1. The van der Waals surface area contributed by atoms with E-state index in [1.165, 1.54) is 6.07 Å². The highest BCUT2D eigenvalue weighted by molar-refractivity contribution is 5.97. The minimum Gasteiger partial charge on any atom is -0.480 e. The predicted octanol–water partition coefficient (Wildman–Crippen LogP) is 0.878. The highest BCUT2D eigenvalue weighted by atomic mass is 16.5. The van der Waals surface area contributed by atoms with Crippen LogP contribution in [0.2, 0.25) is 0 Å². The first-order valence-electron chi connectivity index (χ1n) is 5.92. The van der Waals surface area contributed by atoms with Gasteiger partial charge in [-0.2, -0.15) is 0 Å². The number of hydrogen-bond acceptors (Lipinski definition) is 4. The van der Waals surface area contributed by atoms with E-state index in [4.69, 9.17) is 15.6 Å². The van der Waals surface area contributed by atoms with E-state index in [2.05, 4.69) is 5.32 Å². The van der Waals surface area contributed by atoms with Gasteiger partial charge >= 0.3 is 5.97 Å². The third kappa shape index (κ3) is 4.97. The van der Waals surface area contributed by atoms with Gasteiger partial charge in [0.25, 0.3) is 5.91 Å². The molecule has 6 heteroatoms. The smallest absolute Gasteiger partial charge is 0.326 e. The summed E-state index contributed by atoms with van der Waals surface area (Å²) in [5, 5.41) is 11.5. The summed E-state index contributed by atoms with van der Waals surface area (Å²) in [6.45, 7) is 0.456. The third-order valence-corrected chi connectivity index (χ3v) is 2.59. The summed E-state index contributed by atoms with van der Waals surface area (Å²) < 4.78 is 4.86. The molecule has 0 radical (unpaired) electrons. The lowest BCUT2D eigenvalue weighted by molar-refractivity contribution is -0.139. The van der Waals surface area contributed by atoms with Gasteiger partial charge in [-0.3, -0.25) is 4.79 Å². The molecule has 4 N–H and O–H groups in total. The van der Waals surface area contributed by atoms with Crippen molar-refractivity contribution in [2.24, 2.45) is 0 Å². The second kappa shape index (κ2) is 7.38. The van der Waals surface area contributed by atoms with Gasteiger partial charge in [0.1, 0.15) is 6.04 Å². The van der Waals surface area contributed by atoms with Crippen molar-refractivity contribution in [1.82, 2.24) is 5.32 Å². The minimum absolute atomic E-state index is 0.317. The van der Waals surface area contributed by atoms with Crippen LogP contribution in [-0.2, 0) is 9.53 Å². The predicted molar refractivity (Wildman–Crippen MR) is 70.9 cm³/mol. The molecule has 0 bridgehead atoms. The maximum Gasteiger partial charge on any atom is 0.326 e. The normalized spacial score (nSPS) is 11.8. The van der Waals surface area contributed by atoms with E-state index in [0.29, 0.717) is 30.7 Å². The molecule has 0 heterocycles. The van der Waals surface area contributed by atoms with E-state index in [0.717, 1.165) is 0 Å². The zero-order valence-electron chi connectivity index (χ0n) is 10.8. The SMILES string of the molecule is COCCCC(NC(=O)c1cccc(N)c1)C(=O)O. The van der Waals surface area contributed by atoms with Crippen molar-refractivity contribution < 1.29 is 19.4 Å². The standard InChI is InChI=1S/C13H18N2O4/c1-19-7-3-6-11(13(17)18)15-12(16)9-4-2-5-10(14)8-9/h2,4-5,8,11H,3,6-7,14H2,1H3,(H,15,16)(H,17,18). The topological polar surface area (TPSA) is 102 Å². The van der Waals surface area contributed by atoms with Crippen LogP contribution in [0.1, 0.15) is 23.2 Å². The highest BCUT2D eigenvalue weighted by Crippen LogP contribution is 2.07. The quantitative estimate of drug-likeness (QED) is 0.502. The number of nitrogens with one attached hydrogen (secondary N) is 1. The fraction of sp³-hybridized carbons (Fsp3) is 0.385. The molecule has 1 atom stereocenters. The van der Waals surface area contributed by atoms with Crippen LogP contribution in [0.4, 0.5) is 5.69 Å². The summed E-state index contributed by atoms with van der Waals surface area (Å²) in [7, 11) is 1.54. The molecule has 0 aliphatic rings. The Balaban J connectivity index is 2.63. The number of methoxy groups -OCH3 is 1. The molecule has 1 unspecified atom stereocenters. The number of hydrogen-bond donors (Lipinski definition) is 3. The van der Waals surface area contributed by atoms with Crippen LogP contribution < -0.4 is 11.1 Å². The number of ether oxygens (including phenoxy) is 1. The molecule has 0 aromatic heterocycles. The molecule has 1 amide bonds. The van der Waals surface area contributed by atoms with Crippen molar-refractivity contribution in [2.75, 3.05) is 19.5 Å². The van der Waals surface area contributed by atoms with Gasteiger partial charge in [0.15, 0.2) is 0 Å². The maximum absolute atomic E-state index is 11.9. The van der Waals surface area contributed by atoms with Crippen molar-refractivity contribution in [3.63, 3.8) is 0 Å². The van der Waals surface area contributed by atoms with Crippen molar-refractivity contribution >= 4 is 17.6 Å². The molecule has 1 aromatic carbocycles. The lowest BCUT2D eigenvalue weighted by Gasteiger charge is -2.14. The molecule has 6 nitrogen and oxygen atoms in total. The van der Waals surface area contributed by atoms with Gasteiger partial charge in [-0.25, -0.2) is 4.79 Å². The first-order valence-corrected chi connectivity index (χ1v) is 5.92. The molecule has 0 saturated heterocycles. The second-order valence-corrected chi connectivity index (χ2v) is 4.12. The summed E-state index contributed by atoms with van der Waals surface area (Å²) in [4.78, 5) is 22.9. The van der Waals surface area contributed by atoms with Crippen molar-refractivity contribution in [1.29, 1.82) is 0 Å². The monoisotopic (exact) mass is 266 g/mol. The molecule has 1 rings (SSSR count). The van der Waals surface area contributed by atoms with Crippen LogP contribution >= 0.6 is 0 Å². The van der Waals surface area contributed by atoms with E-state index in [-0.39, 0.29) is 0 Å². The summed E-state index contributed by atoms with van der Waals surface area (Å²) in [5.41, 5.74) is 6.38. The minimum atomic E-state index is -1.06. The maximum atomic E-state index is 11.9. The van der Waals surface area contributed by atoms with Gasteiger partial charge < -0.3 is 20.9 Å². The average Bonchev–Trinajstić information content (AvgIpc) is 2.37. The summed E-state index contributed by atoms with van der Waals surface area (Å²) >= 11 is 0. The molecule has 0 spiro atoms. The van der Waals surface area contributed by atoms with Gasteiger partial charge in [0.2, 0.25) is 0 Å². The van der Waals surface area contributed by atoms with Crippen molar-refractivity contribution in [3.8, 4) is 0 Å². The van der Waals surface area contributed by atoms with E-state index >= 15 is 0 Å². The number of carboxylic acids is 1. The molecular formula is C13H18N2O4. The summed E-state index contributed by atoms with van der Waals surface area (Å²) in [6, 6.07) is 5.46. The lowest BCUT2D eigenvalue weighted by Crippen LogP contribution is -2.40. The Labute approximate surface area is 111 Å². The molecule has 0 fully saturated rings. The number of nitrogens with two attached hydrogens (primary N) is 1. The Hall–Kier alpha value is -2.08. The molecule has 1 aromatic rings. The fourth-order valence-corrected chi connectivity index (χ4v) is 1.61. The van der Waals surface area contributed by atoms with Crippen molar-refractivity contribution in [2.45, 2.75) is 18.9 Å². The van der Waals surface area contributed by atoms with Crippen LogP contribution in [0.5, 0.6) is 0 Å². The first kappa shape index (κ1) is 15.0. The van der Waals surface area contributed by atoms with Gasteiger partial charge in [0, 0.05) is 25.0 Å². The van der Waals surface area contributed by atoms with E-state index in [1.807, 2.05) is 0 Å². The molecule has 19 heavy (non-hydrogen) atoms. The Morgan fingerprint density at radius 3 is 2.79 bits per heavy atom. The second-order valence-electron chi connectivity index (χ2n) is 4.12. The fourth-order valence-electron chi connectivity index (χ4n) is 1.61. The Morgan fingerprint density at radius 2 is 2.21 bits per heavy atom. The number of amides is 1. The number of carbonyl (C=O) groups is 2. The number of carbonyl (C=O) groups excluding carboxylic acids is 1. The highest BCUT2D eigenvalue weighted by Gasteiger charge is 2.20. The van der Waals surface area contributed by atoms with Crippen LogP contribution in [0.25, 0.3) is 0 Å². The summed E-state index contributed by atoms with van der Waals surface area (Å²) in [5.74, 6) is -1.51. The van der Waals surface area contributed by atoms with E-state index in [9.17, 15) is 9.59 Å². The van der Waals surface area contributed by atoms with Crippen LogP contribution in [0, 0.1) is 0 Å². The average molecular weight is 266 g/mol. The number of carboxylic acid groups (broad SMARTS) is 1. The molecule has 0 saturated carbocycles. The Bertz CT molecular complexity index is 448. The van der Waals surface area contributed by atoms with E-state index in [1.54, 1.807) is 25.3 Å². The van der Waals surface area contributed by atoms with Crippen LogP contribution in [-0.4, -0.2) is 36.7 Å². The number of benzene rings is 1.